The molecule has 2 aliphatic rings. The molecule has 106 valence electrons. The van der Waals surface area contributed by atoms with Gasteiger partial charge in [0.25, 0.3) is 0 Å². The summed E-state index contributed by atoms with van der Waals surface area (Å²) >= 11 is 0. The predicted molar refractivity (Wildman–Crippen MR) is 78.3 cm³/mol. The Morgan fingerprint density at radius 3 is 2.60 bits per heavy atom. The van der Waals surface area contributed by atoms with E-state index in [2.05, 4.69) is 35.1 Å². The van der Waals surface area contributed by atoms with Crippen LogP contribution in [-0.4, -0.2) is 9.97 Å². The van der Waals surface area contributed by atoms with Crippen LogP contribution in [-0.2, 0) is 0 Å². The van der Waals surface area contributed by atoms with Crippen molar-refractivity contribution in [3.8, 4) is 0 Å². The van der Waals surface area contributed by atoms with Crippen molar-refractivity contribution in [2.45, 2.75) is 39.0 Å². The smallest absolute Gasteiger partial charge is 0.231 e. The molecule has 0 aromatic carbocycles. The number of hydrogen-bond donors (Lipinski definition) is 0. The summed E-state index contributed by atoms with van der Waals surface area (Å²) in [4.78, 5) is 7.76. The van der Waals surface area contributed by atoms with Gasteiger partial charge in [0.2, 0.25) is 5.95 Å². The molecule has 3 rings (SSSR count). The van der Waals surface area contributed by atoms with Crippen LogP contribution in [0.2, 0.25) is 0 Å². The van der Waals surface area contributed by atoms with E-state index in [4.69, 9.17) is 0 Å². The van der Waals surface area contributed by atoms with Crippen molar-refractivity contribution in [1.82, 2.24) is 9.97 Å². The van der Waals surface area contributed by atoms with Crippen molar-refractivity contribution in [3.05, 3.63) is 42.3 Å². The maximum absolute atomic E-state index is 13.1. The molecule has 1 aromatic rings. The van der Waals surface area contributed by atoms with Gasteiger partial charge < -0.3 is 0 Å². The lowest BCUT2D eigenvalue weighted by molar-refractivity contribution is 0.240. The van der Waals surface area contributed by atoms with Crippen LogP contribution in [0, 0.1) is 23.7 Å². The summed E-state index contributed by atoms with van der Waals surface area (Å²) in [6.45, 7) is 2.35. The molecule has 20 heavy (non-hydrogen) atoms. The monoisotopic (exact) mass is 272 g/mol. The molecule has 0 bridgehead atoms. The fourth-order valence-corrected chi connectivity index (χ4v) is 3.37. The first kappa shape index (κ1) is 13.5. The van der Waals surface area contributed by atoms with Crippen LogP contribution in [0.25, 0.3) is 5.57 Å². The van der Waals surface area contributed by atoms with E-state index in [1.807, 2.05) is 0 Å². The SMILES string of the molecule is CC1CCC(C2C=CC(c3cncc(F)n3)=CC2)CC1. The van der Waals surface area contributed by atoms with E-state index in [1.54, 1.807) is 6.20 Å². The molecule has 0 spiro atoms. The molecule has 0 amide bonds. The van der Waals surface area contributed by atoms with Crippen molar-refractivity contribution in [3.63, 3.8) is 0 Å². The van der Waals surface area contributed by atoms with Gasteiger partial charge in [0.05, 0.1) is 18.1 Å². The van der Waals surface area contributed by atoms with Crippen LogP contribution in [0.4, 0.5) is 4.39 Å². The number of allylic oxidation sites excluding steroid dienone is 4. The van der Waals surface area contributed by atoms with Gasteiger partial charge in [-0.05, 0) is 42.6 Å². The second-order valence-electron chi connectivity index (χ2n) is 6.17. The Morgan fingerprint density at radius 2 is 1.95 bits per heavy atom. The average Bonchev–Trinajstić information content (AvgIpc) is 2.48. The molecule has 0 radical (unpaired) electrons. The van der Waals surface area contributed by atoms with Crippen LogP contribution >= 0.6 is 0 Å². The molecule has 2 aliphatic carbocycles. The lowest BCUT2D eigenvalue weighted by Crippen LogP contribution is -2.20. The first-order valence-electron chi connectivity index (χ1n) is 7.58. The molecule has 1 aromatic heterocycles. The second kappa shape index (κ2) is 5.86. The van der Waals surface area contributed by atoms with Crippen molar-refractivity contribution in [2.75, 3.05) is 0 Å². The molecule has 0 saturated heterocycles. The second-order valence-corrected chi connectivity index (χ2v) is 6.17. The third kappa shape index (κ3) is 2.97. The zero-order valence-electron chi connectivity index (χ0n) is 11.9. The van der Waals surface area contributed by atoms with Crippen LogP contribution in [0.1, 0.15) is 44.7 Å². The average molecular weight is 272 g/mol. The Balaban J connectivity index is 1.65. The van der Waals surface area contributed by atoms with Crippen molar-refractivity contribution >= 4 is 5.57 Å². The Morgan fingerprint density at radius 1 is 1.15 bits per heavy atom. The summed E-state index contributed by atoms with van der Waals surface area (Å²) in [5, 5.41) is 0. The molecule has 0 N–H and O–H groups in total. The molecule has 1 heterocycles. The molecule has 1 unspecified atom stereocenters. The molecular formula is C17H21FN2. The number of nitrogens with zero attached hydrogens (tertiary/aromatic N) is 2. The van der Waals surface area contributed by atoms with Crippen LogP contribution in [0.3, 0.4) is 0 Å². The standard InChI is InChI=1S/C17H21FN2/c1-12-2-4-13(5-3-12)14-6-8-15(9-7-14)16-10-19-11-17(18)20-16/h6,8-14H,2-5,7H2,1H3. The summed E-state index contributed by atoms with van der Waals surface area (Å²) in [5.41, 5.74) is 1.63. The zero-order valence-corrected chi connectivity index (χ0v) is 11.9. The van der Waals surface area contributed by atoms with Gasteiger partial charge in [-0.15, -0.1) is 0 Å². The van der Waals surface area contributed by atoms with Crippen LogP contribution in [0.15, 0.2) is 30.6 Å². The third-order valence-electron chi connectivity index (χ3n) is 4.70. The maximum Gasteiger partial charge on any atom is 0.231 e. The van der Waals surface area contributed by atoms with E-state index in [0.29, 0.717) is 11.6 Å². The van der Waals surface area contributed by atoms with Gasteiger partial charge in [-0.1, -0.05) is 38.0 Å². The summed E-state index contributed by atoms with van der Waals surface area (Å²) in [5.74, 6) is 1.85. The van der Waals surface area contributed by atoms with E-state index in [0.717, 1.165) is 30.0 Å². The fraction of sp³-hybridized carbons (Fsp3) is 0.529. The third-order valence-corrected chi connectivity index (χ3v) is 4.70. The maximum atomic E-state index is 13.1. The lowest BCUT2D eigenvalue weighted by atomic mass is 9.74. The largest absolute Gasteiger partial charge is 0.258 e. The Hall–Kier alpha value is -1.51. The molecule has 1 saturated carbocycles. The van der Waals surface area contributed by atoms with Crippen molar-refractivity contribution in [2.24, 2.45) is 17.8 Å². The van der Waals surface area contributed by atoms with E-state index < -0.39 is 5.95 Å². The first-order chi connectivity index (χ1) is 9.72. The van der Waals surface area contributed by atoms with E-state index >= 15 is 0 Å². The zero-order chi connectivity index (χ0) is 13.9. The van der Waals surface area contributed by atoms with Gasteiger partial charge in [0, 0.05) is 0 Å². The minimum atomic E-state index is -0.514. The van der Waals surface area contributed by atoms with E-state index in [9.17, 15) is 4.39 Å². The van der Waals surface area contributed by atoms with Crippen molar-refractivity contribution in [1.29, 1.82) is 0 Å². The Kier molecular flexibility index (Phi) is 3.95. The van der Waals surface area contributed by atoms with Gasteiger partial charge in [-0.25, -0.2) is 4.98 Å². The van der Waals surface area contributed by atoms with Gasteiger partial charge in [0.15, 0.2) is 0 Å². The minimum absolute atomic E-state index is 0.514. The van der Waals surface area contributed by atoms with Crippen LogP contribution in [0.5, 0.6) is 0 Å². The van der Waals surface area contributed by atoms with Gasteiger partial charge >= 0.3 is 0 Å². The normalized spacial score (nSPS) is 30.1. The molecule has 2 nitrogen and oxygen atoms in total. The minimum Gasteiger partial charge on any atom is -0.258 e. The molecular weight excluding hydrogens is 251 g/mol. The highest BCUT2D eigenvalue weighted by atomic mass is 19.1. The number of aromatic nitrogens is 2. The molecule has 3 heteroatoms. The number of rotatable bonds is 2. The first-order valence-corrected chi connectivity index (χ1v) is 7.58. The van der Waals surface area contributed by atoms with Gasteiger partial charge in [-0.3, -0.25) is 4.98 Å². The van der Waals surface area contributed by atoms with Gasteiger partial charge in [-0.2, -0.15) is 4.39 Å². The molecule has 0 aliphatic heterocycles. The fourth-order valence-electron chi connectivity index (χ4n) is 3.37. The highest BCUT2D eigenvalue weighted by Crippen LogP contribution is 2.37. The number of hydrogen-bond acceptors (Lipinski definition) is 2. The summed E-state index contributed by atoms with van der Waals surface area (Å²) < 4.78 is 13.1. The topological polar surface area (TPSA) is 25.8 Å². The summed E-state index contributed by atoms with van der Waals surface area (Å²) in [6.07, 6.45) is 15.8. The van der Waals surface area contributed by atoms with E-state index in [1.165, 1.54) is 25.7 Å². The highest BCUT2D eigenvalue weighted by Gasteiger charge is 2.25. The van der Waals surface area contributed by atoms with Gasteiger partial charge in [0.1, 0.15) is 0 Å². The molecule has 1 fully saturated rings. The number of halogens is 1. The van der Waals surface area contributed by atoms with Crippen molar-refractivity contribution < 1.29 is 4.39 Å². The Bertz CT molecular complexity index is 528. The van der Waals surface area contributed by atoms with Crippen LogP contribution < -0.4 is 0 Å². The molecule has 1 atom stereocenters. The highest BCUT2D eigenvalue weighted by molar-refractivity contribution is 5.72. The van der Waals surface area contributed by atoms with E-state index in [-0.39, 0.29) is 0 Å². The lowest BCUT2D eigenvalue weighted by Gasteiger charge is -2.32. The Labute approximate surface area is 119 Å². The summed E-state index contributed by atoms with van der Waals surface area (Å²) in [6, 6.07) is 0. The quantitative estimate of drug-likeness (QED) is 0.797. The predicted octanol–water partition coefficient (Wildman–Crippen LogP) is 4.40. The summed E-state index contributed by atoms with van der Waals surface area (Å²) in [7, 11) is 0.